The Kier molecular flexibility index (Phi) is 7.18. The first-order valence-corrected chi connectivity index (χ1v) is 16.9. The van der Waals surface area contributed by atoms with Crippen molar-refractivity contribution < 1.29 is 0 Å². The summed E-state index contributed by atoms with van der Waals surface area (Å²) in [5, 5.41) is 5.55. The summed E-state index contributed by atoms with van der Waals surface area (Å²) >= 11 is 33.0. The van der Waals surface area contributed by atoms with Crippen molar-refractivity contribution in [1.82, 2.24) is 0 Å². The van der Waals surface area contributed by atoms with Gasteiger partial charge in [0.1, 0.15) is 0 Å². The zero-order valence-corrected chi connectivity index (χ0v) is 28.6. The van der Waals surface area contributed by atoms with Gasteiger partial charge in [-0.1, -0.05) is 175 Å². The second-order valence-corrected chi connectivity index (χ2v) is 14.2. The Morgan fingerprint density at radius 3 is 1.57 bits per heavy atom. The molecule has 0 saturated heterocycles. The first-order chi connectivity index (χ1) is 22.2. The molecule has 0 unspecified atom stereocenters. The van der Waals surface area contributed by atoms with E-state index in [2.05, 4.69) is 117 Å². The van der Waals surface area contributed by atoms with Gasteiger partial charge in [0, 0.05) is 11.0 Å². The molecule has 0 fully saturated rings. The van der Waals surface area contributed by atoms with Crippen molar-refractivity contribution in [3.05, 3.63) is 152 Å². The molecule has 224 valence electrons. The van der Waals surface area contributed by atoms with Gasteiger partial charge < -0.3 is 0 Å². The smallest absolute Gasteiger partial charge is 0.0809 e. The summed E-state index contributed by atoms with van der Waals surface area (Å²) in [7, 11) is 0. The molecule has 7 aromatic rings. The van der Waals surface area contributed by atoms with Crippen LogP contribution >= 0.6 is 58.0 Å². The maximum Gasteiger partial charge on any atom is 0.0809 e. The number of fused-ring (bicyclic) bond motifs is 5. The Labute approximate surface area is 293 Å². The SMILES string of the molecule is CC1(C)c2ccccc2-c2ccc(-c3c4ccccc4c(-c4ccccc4)c4cc(-c5c(Cl)c(Cl)c(Cl)c(Cl)c5Cl)ccc34)cc21. The van der Waals surface area contributed by atoms with Gasteiger partial charge in [0.15, 0.2) is 0 Å². The van der Waals surface area contributed by atoms with Gasteiger partial charge in [-0.3, -0.25) is 0 Å². The van der Waals surface area contributed by atoms with Crippen molar-refractivity contribution in [2.45, 2.75) is 19.3 Å². The van der Waals surface area contributed by atoms with E-state index in [0.717, 1.165) is 32.8 Å². The third-order valence-corrected chi connectivity index (χ3v) is 11.7. The second kappa shape index (κ2) is 11.1. The molecule has 0 heterocycles. The van der Waals surface area contributed by atoms with Gasteiger partial charge in [0.2, 0.25) is 0 Å². The highest BCUT2D eigenvalue weighted by atomic mass is 35.5. The lowest BCUT2D eigenvalue weighted by Gasteiger charge is -2.23. The molecule has 0 nitrogen and oxygen atoms in total. The number of hydrogen-bond acceptors (Lipinski definition) is 0. The quantitative estimate of drug-likeness (QED) is 0.0981. The minimum atomic E-state index is -0.120. The molecule has 1 aliphatic rings. The van der Waals surface area contributed by atoms with Gasteiger partial charge in [0.25, 0.3) is 0 Å². The Balaban J connectivity index is 1.48. The minimum Gasteiger partial charge on any atom is -0.0819 e. The third kappa shape index (κ3) is 4.35. The lowest BCUT2D eigenvalue weighted by molar-refractivity contribution is 0.660. The molecular weight excluding hydrogens is 670 g/mol. The fraction of sp³-hybridized carbons (Fsp3) is 0.0732. The van der Waals surface area contributed by atoms with Crippen LogP contribution in [0.4, 0.5) is 0 Å². The van der Waals surface area contributed by atoms with Gasteiger partial charge in [-0.25, -0.2) is 0 Å². The Hall–Kier alpha value is -3.49. The van der Waals surface area contributed by atoms with Crippen LogP contribution in [0.2, 0.25) is 25.1 Å². The molecule has 0 aromatic heterocycles. The van der Waals surface area contributed by atoms with Crippen LogP contribution in [0, 0.1) is 0 Å². The van der Waals surface area contributed by atoms with Crippen LogP contribution in [-0.4, -0.2) is 0 Å². The lowest BCUT2D eigenvalue weighted by Crippen LogP contribution is -2.14. The topological polar surface area (TPSA) is 0 Å². The molecule has 7 aromatic carbocycles. The number of hydrogen-bond donors (Lipinski definition) is 0. The summed E-state index contributed by atoms with van der Waals surface area (Å²) in [6.07, 6.45) is 0. The van der Waals surface area contributed by atoms with Crippen molar-refractivity contribution >= 4 is 79.5 Å². The normalized spacial score (nSPS) is 13.3. The maximum atomic E-state index is 6.80. The average molecular weight is 695 g/mol. The molecule has 0 aliphatic heterocycles. The van der Waals surface area contributed by atoms with Gasteiger partial charge >= 0.3 is 0 Å². The number of halogens is 5. The van der Waals surface area contributed by atoms with Gasteiger partial charge in [-0.05, 0) is 83.7 Å². The summed E-state index contributed by atoms with van der Waals surface area (Å²) < 4.78 is 0. The van der Waals surface area contributed by atoms with Crippen molar-refractivity contribution in [2.75, 3.05) is 0 Å². The molecule has 0 bridgehead atoms. The number of benzene rings is 7. The molecule has 0 radical (unpaired) electrons. The van der Waals surface area contributed by atoms with E-state index in [1.165, 1.54) is 38.8 Å². The Morgan fingerprint density at radius 1 is 0.370 bits per heavy atom. The van der Waals surface area contributed by atoms with E-state index in [4.69, 9.17) is 58.0 Å². The van der Waals surface area contributed by atoms with Gasteiger partial charge in [-0.2, -0.15) is 0 Å². The summed E-state index contributed by atoms with van der Waals surface area (Å²) in [6.45, 7) is 4.64. The van der Waals surface area contributed by atoms with Crippen LogP contribution in [0.3, 0.4) is 0 Å². The fourth-order valence-corrected chi connectivity index (χ4v) is 8.64. The van der Waals surface area contributed by atoms with Crippen LogP contribution in [0.1, 0.15) is 25.0 Å². The monoisotopic (exact) mass is 692 g/mol. The first kappa shape index (κ1) is 29.9. The molecule has 46 heavy (non-hydrogen) atoms. The highest BCUT2D eigenvalue weighted by Crippen LogP contribution is 2.53. The highest BCUT2D eigenvalue weighted by molar-refractivity contribution is 6.56. The van der Waals surface area contributed by atoms with Crippen molar-refractivity contribution in [3.63, 3.8) is 0 Å². The summed E-state index contributed by atoms with van der Waals surface area (Å²) in [5.41, 5.74) is 11.1. The van der Waals surface area contributed by atoms with Crippen LogP contribution in [0.25, 0.3) is 66.1 Å². The molecule has 0 atom stereocenters. The molecule has 5 heteroatoms. The van der Waals surface area contributed by atoms with E-state index < -0.39 is 0 Å². The van der Waals surface area contributed by atoms with Crippen LogP contribution in [0.15, 0.2) is 115 Å². The zero-order valence-electron chi connectivity index (χ0n) is 24.9. The fourth-order valence-electron chi connectivity index (χ4n) is 7.28. The van der Waals surface area contributed by atoms with Gasteiger partial charge in [-0.15, -0.1) is 0 Å². The minimum absolute atomic E-state index is 0.120. The molecule has 8 rings (SSSR count). The predicted molar refractivity (Wildman–Crippen MR) is 200 cm³/mol. The molecule has 0 saturated carbocycles. The molecule has 0 N–H and O–H groups in total. The zero-order chi connectivity index (χ0) is 31.9. The molecular formula is C41H25Cl5. The van der Waals surface area contributed by atoms with Crippen LogP contribution in [-0.2, 0) is 5.41 Å². The van der Waals surface area contributed by atoms with E-state index >= 15 is 0 Å². The van der Waals surface area contributed by atoms with Gasteiger partial charge in [0.05, 0.1) is 25.1 Å². The van der Waals surface area contributed by atoms with Crippen LogP contribution in [0.5, 0.6) is 0 Å². The predicted octanol–water partition coefficient (Wildman–Crippen LogP) is 14.6. The summed E-state index contributed by atoms with van der Waals surface area (Å²) in [6, 6.07) is 41.2. The van der Waals surface area contributed by atoms with E-state index in [9.17, 15) is 0 Å². The Bertz CT molecular complexity index is 2360. The maximum absolute atomic E-state index is 6.80. The van der Waals surface area contributed by atoms with E-state index in [1.54, 1.807) is 0 Å². The standard InChI is InChI=1S/C41H25Cl5/c1-41(2)31-15-9-8-12-25(31)26-18-16-24(21-32(26)41)34-28-14-7-6-13-27(28)33(22-10-4-3-5-11-22)30-20-23(17-19-29(30)34)35-36(42)38(44)40(46)39(45)37(35)43/h3-21H,1-2H3. The molecule has 0 amide bonds. The second-order valence-electron chi connectivity index (χ2n) is 12.3. The summed E-state index contributed by atoms with van der Waals surface area (Å²) in [4.78, 5) is 0. The van der Waals surface area contributed by atoms with E-state index in [0.29, 0.717) is 5.56 Å². The lowest BCUT2D eigenvalue weighted by atomic mass is 9.80. The Morgan fingerprint density at radius 2 is 0.870 bits per heavy atom. The first-order valence-electron chi connectivity index (χ1n) is 15.0. The number of rotatable bonds is 3. The largest absolute Gasteiger partial charge is 0.0819 e. The van der Waals surface area contributed by atoms with Crippen molar-refractivity contribution in [1.29, 1.82) is 0 Å². The molecule has 1 aliphatic carbocycles. The third-order valence-electron chi connectivity index (χ3n) is 9.46. The van der Waals surface area contributed by atoms with E-state index in [1.807, 2.05) is 12.1 Å². The van der Waals surface area contributed by atoms with Crippen molar-refractivity contribution in [3.8, 4) is 44.5 Å². The van der Waals surface area contributed by atoms with Crippen LogP contribution < -0.4 is 0 Å². The highest BCUT2D eigenvalue weighted by Gasteiger charge is 2.35. The average Bonchev–Trinajstić information content (AvgIpc) is 3.31. The van der Waals surface area contributed by atoms with Crippen molar-refractivity contribution in [2.24, 2.45) is 0 Å². The summed E-state index contributed by atoms with van der Waals surface area (Å²) in [5.74, 6) is 0. The van der Waals surface area contributed by atoms with E-state index in [-0.39, 0.29) is 30.5 Å². The molecule has 0 spiro atoms.